The minimum atomic E-state index is -0.432. The molecule has 1 aliphatic rings. The van der Waals surface area contributed by atoms with E-state index in [0.29, 0.717) is 0 Å². The van der Waals surface area contributed by atoms with Crippen molar-refractivity contribution in [2.24, 2.45) is 0 Å². The highest BCUT2D eigenvalue weighted by Crippen LogP contribution is 2.23. The minimum Gasteiger partial charge on any atom is -0.363 e. The quantitative estimate of drug-likeness (QED) is 0.597. The van der Waals surface area contributed by atoms with Crippen LogP contribution >= 0.6 is 0 Å². The van der Waals surface area contributed by atoms with Gasteiger partial charge in [-0.25, -0.2) is 0 Å². The predicted molar refractivity (Wildman–Crippen MR) is 67.5 cm³/mol. The third kappa shape index (κ3) is 2.13. The third-order valence-electron chi connectivity index (χ3n) is 3.33. The van der Waals surface area contributed by atoms with Crippen LogP contribution in [-0.4, -0.2) is 42.4 Å². The number of rotatable bonds is 3. The molecule has 1 heterocycles. The van der Waals surface area contributed by atoms with Gasteiger partial charge in [-0.15, -0.1) is 0 Å². The van der Waals surface area contributed by atoms with Crippen LogP contribution < -0.4 is 4.90 Å². The maximum absolute atomic E-state index is 11.9. The summed E-state index contributed by atoms with van der Waals surface area (Å²) in [5.74, 6) is 0.0934. The van der Waals surface area contributed by atoms with E-state index in [4.69, 9.17) is 0 Å². The van der Waals surface area contributed by atoms with Gasteiger partial charge < -0.3 is 9.80 Å². The number of likely N-dealkylation sites (tertiary alicyclic amines) is 1. The molecule has 0 spiro atoms. The number of non-ortho nitro benzene ring substituents is 1. The van der Waals surface area contributed by atoms with Crippen LogP contribution in [0.2, 0.25) is 0 Å². The van der Waals surface area contributed by atoms with Crippen LogP contribution in [-0.2, 0) is 4.79 Å². The molecule has 1 fully saturated rings. The fourth-order valence-corrected chi connectivity index (χ4v) is 2.15. The molecule has 0 bridgehead atoms. The second kappa shape index (κ2) is 4.64. The monoisotopic (exact) mass is 249 g/mol. The predicted octanol–water partition coefficient (Wildman–Crippen LogP) is 1.26. The SMILES string of the molecule is CN1CC[C@@H](N(C)c2ccc([N+](=O)[O-])cc2)C1=O. The Morgan fingerprint density at radius 3 is 2.44 bits per heavy atom. The lowest BCUT2D eigenvalue weighted by Crippen LogP contribution is -2.38. The highest BCUT2D eigenvalue weighted by atomic mass is 16.6. The summed E-state index contributed by atoms with van der Waals surface area (Å²) >= 11 is 0. The number of likely N-dealkylation sites (N-methyl/N-ethyl adjacent to an activating group) is 2. The van der Waals surface area contributed by atoms with E-state index in [-0.39, 0.29) is 17.6 Å². The molecule has 1 aromatic rings. The van der Waals surface area contributed by atoms with E-state index in [1.54, 1.807) is 24.1 Å². The number of carbonyl (C=O) groups is 1. The Morgan fingerprint density at radius 1 is 1.39 bits per heavy atom. The molecule has 0 N–H and O–H groups in total. The van der Waals surface area contributed by atoms with Crippen LogP contribution in [0, 0.1) is 10.1 Å². The van der Waals surface area contributed by atoms with Gasteiger partial charge in [0.1, 0.15) is 6.04 Å². The first-order valence-corrected chi connectivity index (χ1v) is 5.73. The van der Waals surface area contributed by atoms with Gasteiger partial charge in [-0.1, -0.05) is 0 Å². The van der Waals surface area contributed by atoms with Gasteiger partial charge in [0, 0.05) is 38.5 Å². The number of amides is 1. The molecule has 0 aliphatic carbocycles. The molecule has 1 aromatic carbocycles. The summed E-state index contributed by atoms with van der Waals surface area (Å²) in [6, 6.07) is 6.08. The molecule has 0 saturated carbocycles. The Balaban J connectivity index is 2.16. The summed E-state index contributed by atoms with van der Waals surface area (Å²) in [4.78, 5) is 25.6. The van der Waals surface area contributed by atoms with Crippen molar-refractivity contribution in [2.45, 2.75) is 12.5 Å². The van der Waals surface area contributed by atoms with Gasteiger partial charge in [-0.2, -0.15) is 0 Å². The standard InChI is InChI=1S/C12H15N3O3/c1-13-8-7-11(12(13)16)14(2)9-3-5-10(6-4-9)15(17)18/h3-6,11H,7-8H2,1-2H3/t11-/m1/s1. The van der Waals surface area contributed by atoms with Crippen LogP contribution in [0.3, 0.4) is 0 Å². The molecule has 2 rings (SSSR count). The molecule has 18 heavy (non-hydrogen) atoms. The molecule has 0 unspecified atom stereocenters. The molecule has 6 nitrogen and oxygen atoms in total. The smallest absolute Gasteiger partial charge is 0.269 e. The molecule has 1 atom stereocenters. The van der Waals surface area contributed by atoms with Gasteiger partial charge in [0.25, 0.3) is 5.69 Å². The minimum absolute atomic E-state index is 0.0574. The van der Waals surface area contributed by atoms with Crippen molar-refractivity contribution in [1.29, 1.82) is 0 Å². The summed E-state index contributed by atoms with van der Waals surface area (Å²) < 4.78 is 0. The molecule has 1 saturated heterocycles. The molecule has 0 radical (unpaired) electrons. The number of hydrogen-bond donors (Lipinski definition) is 0. The van der Waals surface area contributed by atoms with E-state index in [0.717, 1.165) is 18.7 Å². The number of nitrogens with zero attached hydrogens (tertiary/aromatic N) is 3. The van der Waals surface area contributed by atoms with Crippen molar-refractivity contribution in [2.75, 3.05) is 25.5 Å². The van der Waals surface area contributed by atoms with Crippen molar-refractivity contribution >= 4 is 17.3 Å². The van der Waals surface area contributed by atoms with Crippen molar-refractivity contribution in [3.05, 3.63) is 34.4 Å². The number of hydrogen-bond acceptors (Lipinski definition) is 4. The molecule has 1 aliphatic heterocycles. The van der Waals surface area contributed by atoms with Crippen molar-refractivity contribution in [3.8, 4) is 0 Å². The number of nitro benzene ring substituents is 1. The fraction of sp³-hybridized carbons (Fsp3) is 0.417. The average molecular weight is 249 g/mol. The first kappa shape index (κ1) is 12.3. The lowest BCUT2D eigenvalue weighted by atomic mass is 10.2. The molecular weight excluding hydrogens is 234 g/mol. The van der Waals surface area contributed by atoms with Gasteiger partial charge in [0.2, 0.25) is 5.91 Å². The van der Waals surface area contributed by atoms with Crippen LogP contribution in [0.1, 0.15) is 6.42 Å². The normalized spacial score (nSPS) is 19.1. The van der Waals surface area contributed by atoms with Crippen LogP contribution in [0.5, 0.6) is 0 Å². The number of carbonyl (C=O) groups excluding carboxylic acids is 1. The van der Waals surface area contributed by atoms with E-state index in [1.807, 2.05) is 11.9 Å². The Kier molecular flexibility index (Phi) is 3.18. The highest BCUT2D eigenvalue weighted by molar-refractivity contribution is 5.87. The van der Waals surface area contributed by atoms with Gasteiger partial charge in [-0.05, 0) is 18.6 Å². The topological polar surface area (TPSA) is 66.7 Å². The first-order valence-electron chi connectivity index (χ1n) is 5.73. The van der Waals surface area contributed by atoms with Crippen molar-refractivity contribution in [3.63, 3.8) is 0 Å². The summed E-state index contributed by atoms with van der Waals surface area (Å²) in [5.41, 5.74) is 0.872. The van der Waals surface area contributed by atoms with Crippen LogP contribution in [0.4, 0.5) is 11.4 Å². The lowest BCUT2D eigenvalue weighted by Gasteiger charge is -2.25. The Labute approximate surface area is 105 Å². The Bertz CT molecular complexity index is 472. The second-order valence-electron chi connectivity index (χ2n) is 4.45. The van der Waals surface area contributed by atoms with Gasteiger partial charge >= 0.3 is 0 Å². The molecule has 6 heteroatoms. The molecule has 1 amide bonds. The molecular formula is C12H15N3O3. The zero-order valence-electron chi connectivity index (χ0n) is 10.4. The fourth-order valence-electron chi connectivity index (χ4n) is 2.15. The number of benzene rings is 1. The average Bonchev–Trinajstić information content (AvgIpc) is 2.69. The van der Waals surface area contributed by atoms with Crippen LogP contribution in [0.15, 0.2) is 24.3 Å². The maximum Gasteiger partial charge on any atom is 0.269 e. The van der Waals surface area contributed by atoms with Gasteiger partial charge in [0.05, 0.1) is 4.92 Å². The van der Waals surface area contributed by atoms with E-state index < -0.39 is 4.92 Å². The van der Waals surface area contributed by atoms with E-state index in [1.165, 1.54) is 12.1 Å². The molecule has 0 aromatic heterocycles. The van der Waals surface area contributed by atoms with Gasteiger partial charge in [0.15, 0.2) is 0 Å². The number of nitro groups is 1. The summed E-state index contributed by atoms with van der Waals surface area (Å²) in [6.45, 7) is 0.751. The number of anilines is 1. The Hall–Kier alpha value is -2.11. The second-order valence-corrected chi connectivity index (χ2v) is 4.45. The first-order chi connectivity index (χ1) is 8.50. The van der Waals surface area contributed by atoms with Crippen molar-refractivity contribution in [1.82, 2.24) is 4.90 Å². The Morgan fingerprint density at radius 2 is 2.00 bits per heavy atom. The third-order valence-corrected chi connectivity index (χ3v) is 3.33. The maximum atomic E-state index is 11.9. The summed E-state index contributed by atoms with van der Waals surface area (Å²) in [5, 5.41) is 10.6. The van der Waals surface area contributed by atoms with Gasteiger partial charge in [-0.3, -0.25) is 14.9 Å². The molecule has 96 valence electrons. The van der Waals surface area contributed by atoms with E-state index in [9.17, 15) is 14.9 Å². The highest BCUT2D eigenvalue weighted by Gasteiger charge is 2.32. The van der Waals surface area contributed by atoms with Crippen LogP contribution in [0.25, 0.3) is 0 Å². The van der Waals surface area contributed by atoms with Crippen molar-refractivity contribution < 1.29 is 9.72 Å². The lowest BCUT2D eigenvalue weighted by molar-refractivity contribution is -0.384. The zero-order valence-corrected chi connectivity index (χ0v) is 10.4. The van der Waals surface area contributed by atoms with E-state index >= 15 is 0 Å². The zero-order chi connectivity index (χ0) is 13.3. The summed E-state index contributed by atoms with van der Waals surface area (Å²) in [7, 11) is 3.62. The largest absolute Gasteiger partial charge is 0.363 e. The van der Waals surface area contributed by atoms with E-state index in [2.05, 4.69) is 0 Å². The summed E-state index contributed by atoms with van der Waals surface area (Å²) in [6.07, 6.45) is 0.781.